The second-order valence-electron chi connectivity index (χ2n) is 5.44. The molecule has 1 heterocycles. The maximum Gasteiger partial charge on any atom is 0.181 e. The molecule has 2 rings (SSSR count). The molecule has 2 aromatic rings. The molecule has 0 bridgehead atoms. The Labute approximate surface area is 124 Å². The molecule has 0 saturated carbocycles. The van der Waals surface area contributed by atoms with Crippen LogP contribution in [0.15, 0.2) is 30.5 Å². The van der Waals surface area contributed by atoms with Crippen LogP contribution in [0.2, 0.25) is 5.02 Å². The van der Waals surface area contributed by atoms with Crippen molar-refractivity contribution in [2.45, 2.75) is 39.3 Å². The van der Waals surface area contributed by atoms with E-state index in [0.717, 1.165) is 12.2 Å². The highest BCUT2D eigenvalue weighted by Gasteiger charge is 2.17. The highest BCUT2D eigenvalue weighted by Crippen LogP contribution is 2.28. The Morgan fingerprint density at radius 1 is 1.30 bits per heavy atom. The van der Waals surface area contributed by atoms with Crippen LogP contribution in [0.1, 0.15) is 32.8 Å². The average molecular weight is 294 g/mol. The number of benzene rings is 1. The largest absolute Gasteiger partial charge is 0.471 e. The summed E-state index contributed by atoms with van der Waals surface area (Å²) in [5.74, 6) is 1.11. The molecule has 20 heavy (non-hydrogen) atoms. The van der Waals surface area contributed by atoms with Gasteiger partial charge in [0.05, 0.1) is 0 Å². The van der Waals surface area contributed by atoms with Gasteiger partial charge >= 0.3 is 0 Å². The first-order valence-corrected chi connectivity index (χ1v) is 7.02. The summed E-state index contributed by atoms with van der Waals surface area (Å²) in [5, 5.41) is 4.47. The number of aromatic nitrogens is 2. The van der Waals surface area contributed by atoms with Crippen LogP contribution in [-0.2, 0) is 12.1 Å². The minimum Gasteiger partial charge on any atom is -0.471 e. The molecule has 4 nitrogen and oxygen atoms in total. The Hall–Kier alpha value is -1.68. The predicted molar refractivity (Wildman–Crippen MR) is 82.0 cm³/mol. The monoisotopic (exact) mass is 293 g/mol. The molecule has 0 spiro atoms. The van der Waals surface area contributed by atoms with Gasteiger partial charge in [-0.05, 0) is 29.5 Å². The van der Waals surface area contributed by atoms with E-state index in [4.69, 9.17) is 22.1 Å². The van der Waals surface area contributed by atoms with Gasteiger partial charge in [-0.15, -0.1) is 0 Å². The minimum absolute atomic E-state index is 0.183. The Kier molecular flexibility index (Phi) is 4.23. The molecule has 0 aliphatic carbocycles. The van der Waals surface area contributed by atoms with Crippen molar-refractivity contribution in [1.82, 2.24) is 9.78 Å². The van der Waals surface area contributed by atoms with Gasteiger partial charge in [0, 0.05) is 6.20 Å². The zero-order valence-corrected chi connectivity index (χ0v) is 12.8. The van der Waals surface area contributed by atoms with Crippen molar-refractivity contribution in [2.75, 3.05) is 5.73 Å². The van der Waals surface area contributed by atoms with Crippen LogP contribution in [0.5, 0.6) is 5.75 Å². The third-order valence-corrected chi connectivity index (χ3v) is 3.92. The Bertz CT molecular complexity index is 556. The molecule has 0 saturated heterocycles. The number of nitrogens with zero attached hydrogens (tertiary/aromatic N) is 2. The molecule has 0 atom stereocenters. The molecule has 2 N–H and O–H groups in total. The maximum atomic E-state index is 5.83. The normalized spacial score (nSPS) is 11.6. The molecule has 108 valence electrons. The van der Waals surface area contributed by atoms with Crippen LogP contribution >= 0.6 is 11.6 Å². The van der Waals surface area contributed by atoms with Gasteiger partial charge in [0.15, 0.2) is 12.5 Å². The summed E-state index contributed by atoms with van der Waals surface area (Å²) >= 11 is 5.83. The van der Waals surface area contributed by atoms with E-state index in [2.05, 4.69) is 38.0 Å². The second kappa shape index (κ2) is 5.75. The zero-order chi connectivity index (χ0) is 14.8. The summed E-state index contributed by atoms with van der Waals surface area (Å²) in [4.78, 5) is 0. The maximum absolute atomic E-state index is 5.83. The van der Waals surface area contributed by atoms with E-state index >= 15 is 0 Å². The smallest absolute Gasteiger partial charge is 0.181 e. The van der Waals surface area contributed by atoms with Gasteiger partial charge < -0.3 is 10.5 Å². The van der Waals surface area contributed by atoms with Crippen molar-refractivity contribution in [3.05, 3.63) is 41.0 Å². The summed E-state index contributed by atoms with van der Waals surface area (Å²) < 4.78 is 7.22. The molecule has 0 unspecified atom stereocenters. The van der Waals surface area contributed by atoms with E-state index < -0.39 is 0 Å². The fourth-order valence-electron chi connectivity index (χ4n) is 1.83. The third-order valence-electron chi connectivity index (χ3n) is 3.63. The van der Waals surface area contributed by atoms with Gasteiger partial charge in [0.25, 0.3) is 0 Å². The lowest BCUT2D eigenvalue weighted by Gasteiger charge is -2.23. The summed E-state index contributed by atoms with van der Waals surface area (Å²) in [7, 11) is 0. The van der Waals surface area contributed by atoms with E-state index in [1.54, 1.807) is 10.9 Å². The van der Waals surface area contributed by atoms with Crippen molar-refractivity contribution in [3.8, 4) is 5.75 Å². The van der Waals surface area contributed by atoms with E-state index in [0.29, 0.717) is 10.8 Å². The summed E-state index contributed by atoms with van der Waals surface area (Å²) in [6.07, 6.45) is 2.74. The Balaban J connectivity index is 2.01. The fourth-order valence-corrected chi connectivity index (χ4v) is 1.98. The molecular formula is C15H20ClN3O. The van der Waals surface area contributed by atoms with Gasteiger partial charge in [-0.1, -0.05) is 44.5 Å². The zero-order valence-electron chi connectivity index (χ0n) is 12.1. The van der Waals surface area contributed by atoms with Crippen LogP contribution < -0.4 is 10.5 Å². The van der Waals surface area contributed by atoms with Crippen LogP contribution in [0.4, 0.5) is 5.82 Å². The van der Waals surface area contributed by atoms with Crippen LogP contribution in [0.3, 0.4) is 0 Å². The summed E-state index contributed by atoms with van der Waals surface area (Å²) in [6, 6.07) is 8.15. The Morgan fingerprint density at radius 3 is 2.45 bits per heavy atom. The lowest BCUT2D eigenvalue weighted by Crippen LogP contribution is -2.15. The average Bonchev–Trinajstić information content (AvgIpc) is 2.76. The highest BCUT2D eigenvalue weighted by molar-refractivity contribution is 6.32. The number of halogens is 1. The third kappa shape index (κ3) is 3.25. The van der Waals surface area contributed by atoms with E-state index in [-0.39, 0.29) is 12.1 Å². The summed E-state index contributed by atoms with van der Waals surface area (Å²) in [6.45, 7) is 6.94. The standard InChI is InChI=1S/C15H20ClN3O/c1-4-15(2,3)11-5-7-12(8-6-11)20-10-19-9-13(16)14(17)18-19/h5-9H,4,10H2,1-3H3,(H2,17,18). The predicted octanol–water partition coefficient (Wildman–Crippen LogP) is 3.84. The number of hydrogen-bond acceptors (Lipinski definition) is 3. The van der Waals surface area contributed by atoms with E-state index in [1.165, 1.54) is 5.56 Å². The van der Waals surface area contributed by atoms with Crippen LogP contribution in [0.25, 0.3) is 0 Å². The molecule has 1 aromatic heterocycles. The molecule has 0 amide bonds. The SMILES string of the molecule is CCC(C)(C)c1ccc(OCn2cc(Cl)c(N)n2)cc1. The number of nitrogen functional groups attached to an aromatic ring is 1. The number of ether oxygens (including phenoxy) is 1. The molecule has 0 radical (unpaired) electrons. The van der Waals surface area contributed by atoms with Gasteiger partial charge in [-0.25, -0.2) is 4.68 Å². The second-order valence-corrected chi connectivity index (χ2v) is 5.84. The molecule has 0 fully saturated rings. The van der Waals surface area contributed by atoms with Crippen molar-refractivity contribution >= 4 is 17.4 Å². The van der Waals surface area contributed by atoms with Crippen molar-refractivity contribution in [1.29, 1.82) is 0 Å². The van der Waals surface area contributed by atoms with Gasteiger partial charge in [-0.2, -0.15) is 5.10 Å². The molecule has 0 aliphatic rings. The quantitative estimate of drug-likeness (QED) is 0.911. The van der Waals surface area contributed by atoms with Gasteiger partial charge in [0.2, 0.25) is 0 Å². The highest BCUT2D eigenvalue weighted by atomic mass is 35.5. The molecule has 5 heteroatoms. The van der Waals surface area contributed by atoms with Gasteiger partial charge in [0.1, 0.15) is 10.8 Å². The minimum atomic E-state index is 0.183. The summed E-state index contributed by atoms with van der Waals surface area (Å²) in [5.41, 5.74) is 7.06. The topological polar surface area (TPSA) is 53.1 Å². The van der Waals surface area contributed by atoms with E-state index in [9.17, 15) is 0 Å². The first kappa shape index (κ1) is 14.7. The number of hydrogen-bond donors (Lipinski definition) is 1. The number of rotatable bonds is 5. The lowest BCUT2D eigenvalue weighted by molar-refractivity contribution is 0.221. The number of anilines is 1. The molecule has 0 aliphatic heterocycles. The molecule has 1 aromatic carbocycles. The lowest BCUT2D eigenvalue weighted by atomic mass is 9.82. The number of nitrogens with two attached hydrogens (primary N) is 1. The molecular weight excluding hydrogens is 274 g/mol. The van der Waals surface area contributed by atoms with Crippen molar-refractivity contribution in [2.24, 2.45) is 0 Å². The van der Waals surface area contributed by atoms with Crippen LogP contribution in [-0.4, -0.2) is 9.78 Å². The van der Waals surface area contributed by atoms with Gasteiger partial charge in [-0.3, -0.25) is 0 Å². The van der Waals surface area contributed by atoms with Crippen molar-refractivity contribution in [3.63, 3.8) is 0 Å². The fraction of sp³-hybridized carbons (Fsp3) is 0.400. The van der Waals surface area contributed by atoms with Crippen molar-refractivity contribution < 1.29 is 4.74 Å². The van der Waals surface area contributed by atoms with Crippen LogP contribution in [0, 0.1) is 0 Å². The first-order chi connectivity index (χ1) is 9.42. The Morgan fingerprint density at radius 2 is 1.95 bits per heavy atom. The van der Waals surface area contributed by atoms with E-state index in [1.807, 2.05) is 12.1 Å². The first-order valence-electron chi connectivity index (χ1n) is 6.64.